The summed E-state index contributed by atoms with van der Waals surface area (Å²) in [5.41, 5.74) is 0.787. The molecule has 2 heterocycles. The Hall–Kier alpha value is -1.65. The summed E-state index contributed by atoms with van der Waals surface area (Å²) in [5, 5.41) is 11.3. The summed E-state index contributed by atoms with van der Waals surface area (Å²) in [5.74, 6) is 0.814. The molecule has 2 aromatic rings. The van der Waals surface area contributed by atoms with Crippen LogP contribution in [0, 0.1) is 0 Å². The smallest absolute Gasteiger partial charge is 0.203 e. The van der Waals surface area contributed by atoms with Crippen LogP contribution in [0.1, 0.15) is 39.5 Å². The van der Waals surface area contributed by atoms with Gasteiger partial charge in [0.05, 0.1) is 0 Å². The van der Waals surface area contributed by atoms with Crippen molar-refractivity contribution in [2.75, 3.05) is 5.32 Å². The van der Waals surface area contributed by atoms with Crippen molar-refractivity contribution in [3.8, 4) is 0 Å². The highest BCUT2D eigenvalue weighted by Crippen LogP contribution is 2.13. The van der Waals surface area contributed by atoms with Crippen molar-refractivity contribution in [1.82, 2.24) is 19.6 Å². The van der Waals surface area contributed by atoms with E-state index in [1.807, 2.05) is 10.6 Å². The van der Waals surface area contributed by atoms with Crippen molar-refractivity contribution in [1.29, 1.82) is 0 Å². The third-order valence-electron chi connectivity index (χ3n) is 2.84. The maximum absolute atomic E-state index is 4.31. The topological polar surface area (TPSA) is 55.1 Å². The van der Waals surface area contributed by atoms with E-state index in [4.69, 9.17) is 0 Å². The lowest BCUT2D eigenvalue weighted by atomic mass is 10.1. The second-order valence-corrected chi connectivity index (χ2v) is 4.38. The van der Waals surface area contributed by atoms with Gasteiger partial charge in [0.2, 0.25) is 5.65 Å². The first-order valence-corrected chi connectivity index (χ1v) is 6.22. The largest absolute Gasteiger partial charge is 0.364 e. The fourth-order valence-electron chi connectivity index (χ4n) is 1.87. The molecule has 0 aliphatic heterocycles. The summed E-state index contributed by atoms with van der Waals surface area (Å²) in [7, 11) is 0. The Bertz CT molecular complexity index is 465. The second-order valence-electron chi connectivity index (χ2n) is 4.38. The minimum absolute atomic E-state index is 0.414. The van der Waals surface area contributed by atoms with Gasteiger partial charge in [0.1, 0.15) is 6.33 Å². The highest BCUT2D eigenvalue weighted by molar-refractivity contribution is 5.61. The molecule has 1 N–H and O–H groups in total. The first-order valence-electron chi connectivity index (χ1n) is 6.22. The molecule has 0 bridgehead atoms. The summed E-state index contributed by atoms with van der Waals surface area (Å²) in [6, 6.07) is 0.414. The molecule has 1 unspecified atom stereocenters. The minimum Gasteiger partial charge on any atom is -0.364 e. The average molecular weight is 233 g/mol. The monoisotopic (exact) mass is 233 g/mol. The van der Waals surface area contributed by atoms with Crippen LogP contribution in [0.5, 0.6) is 0 Å². The van der Waals surface area contributed by atoms with Gasteiger partial charge >= 0.3 is 0 Å². The molecule has 0 saturated carbocycles. The van der Waals surface area contributed by atoms with E-state index in [1.165, 1.54) is 19.3 Å². The van der Waals surface area contributed by atoms with E-state index in [0.717, 1.165) is 17.9 Å². The molecular weight excluding hydrogens is 214 g/mol. The van der Waals surface area contributed by atoms with E-state index >= 15 is 0 Å². The molecule has 92 valence electrons. The van der Waals surface area contributed by atoms with Gasteiger partial charge in [-0.1, -0.05) is 26.2 Å². The van der Waals surface area contributed by atoms with Gasteiger partial charge in [-0.15, -0.1) is 10.2 Å². The SMILES string of the molecule is CCCCCC(C)Nc1nccn2cnnc12. The summed E-state index contributed by atoms with van der Waals surface area (Å²) in [6.07, 6.45) is 10.2. The predicted molar refractivity (Wildman–Crippen MR) is 68.0 cm³/mol. The van der Waals surface area contributed by atoms with Crippen molar-refractivity contribution in [3.05, 3.63) is 18.7 Å². The number of aromatic nitrogens is 4. The maximum Gasteiger partial charge on any atom is 0.203 e. The Labute approximate surface area is 101 Å². The molecule has 0 aromatic carbocycles. The molecule has 0 saturated heterocycles. The standard InChI is InChI=1S/C12H19N5/c1-3-4-5-6-10(2)15-11-12-16-14-9-17(12)8-7-13-11/h7-10H,3-6H2,1-2H3,(H,13,15). The lowest BCUT2D eigenvalue weighted by Crippen LogP contribution is -2.16. The van der Waals surface area contributed by atoms with Gasteiger partial charge in [-0.25, -0.2) is 4.98 Å². The Morgan fingerprint density at radius 2 is 2.29 bits per heavy atom. The maximum atomic E-state index is 4.31. The molecule has 0 fully saturated rings. The van der Waals surface area contributed by atoms with Crippen LogP contribution in [-0.4, -0.2) is 25.6 Å². The number of anilines is 1. The van der Waals surface area contributed by atoms with E-state index in [2.05, 4.69) is 34.3 Å². The first kappa shape index (κ1) is 11.8. The van der Waals surface area contributed by atoms with Crippen LogP contribution in [0.25, 0.3) is 5.65 Å². The zero-order chi connectivity index (χ0) is 12.1. The molecule has 1 atom stereocenters. The van der Waals surface area contributed by atoms with E-state index in [-0.39, 0.29) is 0 Å². The Morgan fingerprint density at radius 1 is 1.41 bits per heavy atom. The van der Waals surface area contributed by atoms with Crippen molar-refractivity contribution < 1.29 is 0 Å². The molecule has 0 aliphatic rings. The van der Waals surface area contributed by atoms with Gasteiger partial charge in [0.15, 0.2) is 5.82 Å². The molecule has 5 heteroatoms. The van der Waals surface area contributed by atoms with E-state index in [9.17, 15) is 0 Å². The van der Waals surface area contributed by atoms with Crippen molar-refractivity contribution in [3.63, 3.8) is 0 Å². The summed E-state index contributed by atoms with van der Waals surface area (Å²) in [4.78, 5) is 4.31. The number of hydrogen-bond acceptors (Lipinski definition) is 4. The van der Waals surface area contributed by atoms with Gasteiger partial charge < -0.3 is 5.32 Å². The molecule has 0 radical (unpaired) electrons. The van der Waals surface area contributed by atoms with E-state index in [1.54, 1.807) is 12.5 Å². The van der Waals surface area contributed by atoms with Crippen molar-refractivity contribution in [2.45, 2.75) is 45.6 Å². The van der Waals surface area contributed by atoms with Crippen LogP contribution in [-0.2, 0) is 0 Å². The predicted octanol–water partition coefficient (Wildman–Crippen LogP) is 2.51. The number of nitrogens with zero attached hydrogens (tertiary/aromatic N) is 4. The van der Waals surface area contributed by atoms with Gasteiger partial charge in [0.25, 0.3) is 0 Å². The van der Waals surface area contributed by atoms with Crippen molar-refractivity contribution in [2.24, 2.45) is 0 Å². The highest BCUT2D eigenvalue weighted by Gasteiger charge is 2.07. The lowest BCUT2D eigenvalue weighted by molar-refractivity contribution is 0.614. The quantitative estimate of drug-likeness (QED) is 0.779. The van der Waals surface area contributed by atoms with Crippen LogP contribution in [0.3, 0.4) is 0 Å². The second kappa shape index (κ2) is 5.61. The molecular formula is C12H19N5. The fraction of sp³-hybridized carbons (Fsp3) is 0.583. The van der Waals surface area contributed by atoms with Crippen LogP contribution in [0.4, 0.5) is 5.82 Å². The number of hydrogen-bond donors (Lipinski definition) is 1. The zero-order valence-corrected chi connectivity index (χ0v) is 10.4. The minimum atomic E-state index is 0.414. The normalized spacial score (nSPS) is 12.8. The third-order valence-corrected chi connectivity index (χ3v) is 2.84. The van der Waals surface area contributed by atoms with Crippen LogP contribution >= 0.6 is 0 Å². The van der Waals surface area contributed by atoms with Gasteiger partial charge in [-0.05, 0) is 13.3 Å². The number of rotatable bonds is 6. The van der Waals surface area contributed by atoms with Gasteiger partial charge in [0, 0.05) is 18.4 Å². The van der Waals surface area contributed by atoms with Crippen molar-refractivity contribution >= 4 is 11.5 Å². The lowest BCUT2D eigenvalue weighted by Gasteiger charge is -2.14. The molecule has 0 spiro atoms. The summed E-state index contributed by atoms with van der Waals surface area (Å²) < 4.78 is 1.87. The molecule has 17 heavy (non-hydrogen) atoms. The van der Waals surface area contributed by atoms with E-state index in [0.29, 0.717) is 6.04 Å². The third kappa shape index (κ3) is 2.93. The zero-order valence-electron chi connectivity index (χ0n) is 10.4. The van der Waals surface area contributed by atoms with Crippen LogP contribution < -0.4 is 5.32 Å². The fourth-order valence-corrected chi connectivity index (χ4v) is 1.87. The molecule has 0 aliphatic carbocycles. The number of fused-ring (bicyclic) bond motifs is 1. The molecule has 5 nitrogen and oxygen atoms in total. The number of unbranched alkanes of at least 4 members (excludes halogenated alkanes) is 2. The Balaban J connectivity index is 2.00. The average Bonchev–Trinajstić information content (AvgIpc) is 2.78. The molecule has 0 amide bonds. The number of nitrogens with one attached hydrogen (secondary N) is 1. The molecule has 2 rings (SSSR count). The molecule has 2 aromatic heterocycles. The van der Waals surface area contributed by atoms with E-state index < -0.39 is 0 Å². The highest BCUT2D eigenvalue weighted by atomic mass is 15.2. The Morgan fingerprint density at radius 3 is 3.12 bits per heavy atom. The van der Waals surface area contributed by atoms with Crippen LogP contribution in [0.15, 0.2) is 18.7 Å². The van der Waals surface area contributed by atoms with Crippen LogP contribution in [0.2, 0.25) is 0 Å². The summed E-state index contributed by atoms with van der Waals surface area (Å²) >= 11 is 0. The first-order chi connectivity index (χ1) is 8.31. The van der Waals surface area contributed by atoms with Gasteiger partial charge in [-0.2, -0.15) is 0 Å². The van der Waals surface area contributed by atoms with Gasteiger partial charge in [-0.3, -0.25) is 4.40 Å². The summed E-state index contributed by atoms with van der Waals surface area (Å²) in [6.45, 7) is 4.40. The Kier molecular flexibility index (Phi) is 3.90.